The van der Waals surface area contributed by atoms with Crippen LogP contribution in [-0.4, -0.2) is 28.5 Å². The minimum atomic E-state index is 0.285. The molecule has 1 heterocycles. The van der Waals surface area contributed by atoms with Crippen molar-refractivity contribution in [2.45, 2.75) is 12.8 Å². The molecule has 0 aromatic carbocycles. The Morgan fingerprint density at radius 1 is 1.54 bits per heavy atom. The van der Waals surface area contributed by atoms with Crippen molar-refractivity contribution in [3.05, 3.63) is 6.33 Å². The number of nitrogens with zero attached hydrogens (tertiary/aromatic N) is 4. The molecule has 1 fully saturated rings. The lowest BCUT2D eigenvalue weighted by atomic mass is 10.4. The minimum absolute atomic E-state index is 0.285. The Hall–Kier alpha value is -1.39. The average Bonchev–Trinajstić information content (AvgIpc) is 2.88. The van der Waals surface area contributed by atoms with Gasteiger partial charge in [-0.15, -0.1) is 0 Å². The second-order valence-corrected chi connectivity index (χ2v) is 3.47. The molecule has 0 radical (unpaired) electrons. The molecule has 70 valence electrons. The van der Waals surface area contributed by atoms with Crippen LogP contribution in [0.25, 0.3) is 0 Å². The van der Waals surface area contributed by atoms with Gasteiger partial charge in [0.25, 0.3) is 0 Å². The summed E-state index contributed by atoms with van der Waals surface area (Å²) in [6.07, 6.45) is 4.09. The number of anilines is 2. The normalized spacial score (nSPS) is 15.8. The van der Waals surface area contributed by atoms with Crippen LogP contribution in [0.2, 0.25) is 0 Å². The van der Waals surface area contributed by atoms with Crippen molar-refractivity contribution < 1.29 is 0 Å². The smallest absolute Gasteiger partial charge is 0.229 e. The van der Waals surface area contributed by atoms with Crippen molar-refractivity contribution in [1.82, 2.24) is 15.0 Å². The Morgan fingerprint density at radius 3 is 2.92 bits per heavy atom. The van der Waals surface area contributed by atoms with Gasteiger partial charge in [-0.25, -0.2) is 9.97 Å². The van der Waals surface area contributed by atoms with E-state index >= 15 is 0 Å². The van der Waals surface area contributed by atoms with Gasteiger partial charge in [-0.05, 0) is 18.8 Å². The van der Waals surface area contributed by atoms with Crippen molar-refractivity contribution in [1.29, 1.82) is 0 Å². The Labute approximate surface area is 77.0 Å². The summed E-state index contributed by atoms with van der Waals surface area (Å²) in [5.74, 6) is 1.77. The highest BCUT2D eigenvalue weighted by Gasteiger charge is 2.23. The van der Waals surface area contributed by atoms with Gasteiger partial charge in [0.2, 0.25) is 11.9 Å². The van der Waals surface area contributed by atoms with E-state index in [1.165, 1.54) is 19.2 Å². The molecule has 0 aliphatic heterocycles. The first-order valence-electron chi connectivity index (χ1n) is 4.41. The fourth-order valence-corrected chi connectivity index (χ4v) is 1.25. The number of nitrogen functional groups attached to an aromatic ring is 1. The summed E-state index contributed by atoms with van der Waals surface area (Å²) in [6.45, 7) is 1.02. The van der Waals surface area contributed by atoms with Gasteiger partial charge in [0.15, 0.2) is 0 Å². The van der Waals surface area contributed by atoms with Crippen LogP contribution in [0, 0.1) is 5.92 Å². The van der Waals surface area contributed by atoms with Gasteiger partial charge in [-0.2, -0.15) is 4.98 Å². The van der Waals surface area contributed by atoms with Crippen LogP contribution < -0.4 is 10.6 Å². The minimum Gasteiger partial charge on any atom is -0.368 e. The van der Waals surface area contributed by atoms with E-state index in [1.54, 1.807) is 0 Å². The van der Waals surface area contributed by atoms with Gasteiger partial charge in [0.05, 0.1) is 0 Å². The third-order valence-electron chi connectivity index (χ3n) is 2.15. The first-order chi connectivity index (χ1) is 6.25. The fourth-order valence-electron chi connectivity index (χ4n) is 1.25. The van der Waals surface area contributed by atoms with Gasteiger partial charge in [-0.3, -0.25) is 0 Å². The molecule has 0 atom stereocenters. The van der Waals surface area contributed by atoms with Crippen LogP contribution in [0.1, 0.15) is 12.8 Å². The number of nitrogens with two attached hydrogens (primary N) is 1. The monoisotopic (exact) mass is 179 g/mol. The summed E-state index contributed by atoms with van der Waals surface area (Å²) >= 11 is 0. The first-order valence-corrected chi connectivity index (χ1v) is 4.41. The molecule has 0 spiro atoms. The quantitative estimate of drug-likeness (QED) is 0.722. The third kappa shape index (κ3) is 2.05. The van der Waals surface area contributed by atoms with Crippen LogP contribution in [0.4, 0.5) is 11.9 Å². The maximum atomic E-state index is 5.45. The molecule has 1 saturated carbocycles. The summed E-state index contributed by atoms with van der Waals surface area (Å²) in [5, 5.41) is 0. The van der Waals surface area contributed by atoms with Crippen molar-refractivity contribution in [2.24, 2.45) is 5.92 Å². The molecule has 2 N–H and O–H groups in total. The summed E-state index contributed by atoms with van der Waals surface area (Å²) < 4.78 is 0. The van der Waals surface area contributed by atoms with E-state index in [2.05, 4.69) is 15.0 Å². The first kappa shape index (κ1) is 8.22. The van der Waals surface area contributed by atoms with Gasteiger partial charge in [-0.1, -0.05) is 0 Å². The lowest BCUT2D eigenvalue weighted by Crippen LogP contribution is -2.22. The van der Waals surface area contributed by atoms with E-state index in [0.717, 1.165) is 12.5 Å². The molecule has 0 bridgehead atoms. The lowest BCUT2D eigenvalue weighted by molar-refractivity contribution is 0.761. The summed E-state index contributed by atoms with van der Waals surface area (Å²) in [6, 6.07) is 0. The maximum Gasteiger partial charge on any atom is 0.229 e. The molecule has 5 heteroatoms. The maximum absolute atomic E-state index is 5.45. The number of hydrogen-bond acceptors (Lipinski definition) is 5. The second-order valence-electron chi connectivity index (χ2n) is 3.47. The Kier molecular flexibility index (Phi) is 2.00. The highest BCUT2D eigenvalue weighted by molar-refractivity contribution is 5.32. The standard InChI is InChI=1S/C8H13N5/c1-13(4-6-2-3-6)8-11-5-10-7(9)12-8/h5-6H,2-4H2,1H3,(H2,9,10,11,12). The molecule has 0 amide bonds. The van der Waals surface area contributed by atoms with E-state index in [1.807, 2.05) is 11.9 Å². The molecule has 1 aliphatic carbocycles. The largest absolute Gasteiger partial charge is 0.368 e. The van der Waals surface area contributed by atoms with Crippen LogP contribution in [0.15, 0.2) is 6.33 Å². The molecule has 13 heavy (non-hydrogen) atoms. The van der Waals surface area contributed by atoms with Crippen molar-refractivity contribution in [3.63, 3.8) is 0 Å². The molecule has 1 aromatic rings. The van der Waals surface area contributed by atoms with E-state index in [-0.39, 0.29) is 5.95 Å². The second kappa shape index (κ2) is 3.16. The summed E-state index contributed by atoms with van der Waals surface area (Å²) in [5.41, 5.74) is 5.45. The molecular formula is C8H13N5. The molecule has 5 nitrogen and oxygen atoms in total. The van der Waals surface area contributed by atoms with Gasteiger partial charge in [0.1, 0.15) is 6.33 Å². The lowest BCUT2D eigenvalue weighted by Gasteiger charge is -2.15. The highest BCUT2D eigenvalue weighted by atomic mass is 15.3. The van der Waals surface area contributed by atoms with Gasteiger partial charge >= 0.3 is 0 Å². The van der Waals surface area contributed by atoms with E-state index in [4.69, 9.17) is 5.73 Å². The summed E-state index contributed by atoms with van der Waals surface area (Å²) in [7, 11) is 1.98. The molecule has 0 unspecified atom stereocenters. The highest BCUT2D eigenvalue weighted by Crippen LogP contribution is 2.29. The SMILES string of the molecule is CN(CC1CC1)c1ncnc(N)n1. The van der Waals surface area contributed by atoms with Gasteiger partial charge < -0.3 is 10.6 Å². The van der Waals surface area contributed by atoms with Crippen molar-refractivity contribution in [3.8, 4) is 0 Å². The third-order valence-corrected chi connectivity index (χ3v) is 2.15. The van der Waals surface area contributed by atoms with Crippen LogP contribution >= 0.6 is 0 Å². The Balaban J connectivity index is 2.04. The molecule has 1 aromatic heterocycles. The van der Waals surface area contributed by atoms with E-state index < -0.39 is 0 Å². The predicted octanol–water partition coefficient (Wildman–Crippen LogP) is 0.300. The molecule has 1 aliphatic rings. The number of aromatic nitrogens is 3. The van der Waals surface area contributed by atoms with Crippen LogP contribution in [-0.2, 0) is 0 Å². The number of rotatable bonds is 3. The average molecular weight is 179 g/mol. The Bertz CT molecular complexity index is 296. The van der Waals surface area contributed by atoms with Crippen LogP contribution in [0.3, 0.4) is 0 Å². The van der Waals surface area contributed by atoms with Crippen molar-refractivity contribution in [2.75, 3.05) is 24.2 Å². The van der Waals surface area contributed by atoms with Crippen molar-refractivity contribution >= 4 is 11.9 Å². The van der Waals surface area contributed by atoms with Gasteiger partial charge in [0, 0.05) is 13.6 Å². The zero-order valence-electron chi connectivity index (χ0n) is 7.64. The zero-order valence-corrected chi connectivity index (χ0v) is 7.64. The Morgan fingerprint density at radius 2 is 2.31 bits per heavy atom. The van der Waals surface area contributed by atoms with Crippen LogP contribution in [0.5, 0.6) is 0 Å². The zero-order chi connectivity index (χ0) is 9.26. The number of hydrogen-bond donors (Lipinski definition) is 1. The van der Waals surface area contributed by atoms with E-state index in [9.17, 15) is 0 Å². The summed E-state index contributed by atoms with van der Waals surface area (Å²) in [4.78, 5) is 13.8. The predicted molar refractivity (Wildman–Crippen MR) is 50.2 cm³/mol. The fraction of sp³-hybridized carbons (Fsp3) is 0.625. The molecular weight excluding hydrogens is 166 g/mol. The topological polar surface area (TPSA) is 67.9 Å². The molecule has 0 saturated heterocycles. The molecule has 2 rings (SSSR count). The van der Waals surface area contributed by atoms with E-state index in [0.29, 0.717) is 5.95 Å².